The number of nitrogens with one attached hydrogen (secondary N) is 1. The van der Waals surface area contributed by atoms with E-state index in [0.717, 1.165) is 30.6 Å². The number of amides is 1. The Kier molecular flexibility index (Phi) is 6.27. The van der Waals surface area contributed by atoms with Crippen molar-refractivity contribution in [2.24, 2.45) is 0 Å². The van der Waals surface area contributed by atoms with Crippen molar-refractivity contribution in [3.63, 3.8) is 0 Å². The molecule has 6 nitrogen and oxygen atoms in total. The maximum absolute atomic E-state index is 13.2. The second kappa shape index (κ2) is 8.73. The lowest BCUT2D eigenvalue weighted by Gasteiger charge is -2.24. The summed E-state index contributed by atoms with van der Waals surface area (Å²) in [5.41, 5.74) is 0.329. The molecule has 2 aromatic rings. The quantitative estimate of drug-likeness (QED) is 0.719. The van der Waals surface area contributed by atoms with Crippen LogP contribution in [0.25, 0.3) is 0 Å². The van der Waals surface area contributed by atoms with E-state index in [0.29, 0.717) is 18.7 Å². The van der Waals surface area contributed by atoms with Crippen LogP contribution in [0, 0.1) is 0 Å². The summed E-state index contributed by atoms with van der Waals surface area (Å²) in [6.45, 7) is 1.51. The van der Waals surface area contributed by atoms with Crippen LogP contribution < -0.4 is 4.72 Å². The van der Waals surface area contributed by atoms with Crippen molar-refractivity contribution >= 4 is 38.9 Å². The van der Waals surface area contributed by atoms with Gasteiger partial charge in [-0.05, 0) is 55.3 Å². The van der Waals surface area contributed by atoms with E-state index in [1.165, 1.54) is 12.1 Å². The van der Waals surface area contributed by atoms with Gasteiger partial charge in [0.05, 0.1) is 17.2 Å². The third-order valence-corrected chi connectivity index (χ3v) is 8.26. The maximum Gasteiger partial charge on any atom is 0.254 e. The molecule has 2 aliphatic heterocycles. The first-order chi connectivity index (χ1) is 14.0. The standard InChI is InChI=1S/C20H23ClN2O4S2/c21-16-8-7-14(12-19(16)29(25,26)22-13-15-4-2-10-27-15)20(24)23-9-1-5-17(23)18-6-3-11-28-18/h3,6-8,11-12,15,17,22H,1-2,4-5,9-10,13H2. The molecule has 0 radical (unpaired) electrons. The van der Waals surface area contributed by atoms with Gasteiger partial charge < -0.3 is 9.64 Å². The molecule has 4 rings (SSSR count). The monoisotopic (exact) mass is 454 g/mol. The molecule has 1 N–H and O–H groups in total. The smallest absolute Gasteiger partial charge is 0.254 e. The van der Waals surface area contributed by atoms with Crippen molar-refractivity contribution in [1.29, 1.82) is 0 Å². The second-order valence-electron chi connectivity index (χ2n) is 7.30. The molecule has 2 unspecified atom stereocenters. The van der Waals surface area contributed by atoms with Gasteiger partial charge >= 0.3 is 0 Å². The van der Waals surface area contributed by atoms with Gasteiger partial charge in [-0.1, -0.05) is 17.7 Å². The molecule has 2 fully saturated rings. The van der Waals surface area contributed by atoms with Crippen LogP contribution >= 0.6 is 22.9 Å². The number of ether oxygens (including phenoxy) is 1. The molecule has 3 heterocycles. The lowest BCUT2D eigenvalue weighted by molar-refractivity contribution is 0.0737. The number of rotatable bonds is 6. The van der Waals surface area contributed by atoms with E-state index >= 15 is 0 Å². The summed E-state index contributed by atoms with van der Waals surface area (Å²) < 4.78 is 33.6. The minimum Gasteiger partial charge on any atom is -0.377 e. The molecule has 0 spiro atoms. The molecule has 0 aliphatic carbocycles. The fourth-order valence-electron chi connectivity index (χ4n) is 3.88. The highest BCUT2D eigenvalue weighted by atomic mass is 35.5. The molecule has 0 saturated carbocycles. The van der Waals surface area contributed by atoms with Crippen molar-refractivity contribution in [3.05, 3.63) is 51.2 Å². The number of carbonyl (C=O) groups excluding carboxylic acids is 1. The zero-order chi connectivity index (χ0) is 20.4. The molecule has 156 valence electrons. The highest BCUT2D eigenvalue weighted by Gasteiger charge is 2.32. The van der Waals surface area contributed by atoms with Gasteiger partial charge in [-0.3, -0.25) is 4.79 Å². The number of nitrogens with zero attached hydrogens (tertiary/aromatic N) is 1. The second-order valence-corrected chi connectivity index (χ2v) is 10.4. The maximum atomic E-state index is 13.2. The van der Waals surface area contributed by atoms with E-state index in [1.54, 1.807) is 17.4 Å². The summed E-state index contributed by atoms with van der Waals surface area (Å²) in [7, 11) is -3.85. The fourth-order valence-corrected chi connectivity index (χ4v) is 6.34. The van der Waals surface area contributed by atoms with Gasteiger partial charge in [0, 0.05) is 30.1 Å². The summed E-state index contributed by atoms with van der Waals surface area (Å²) in [5.74, 6) is -0.173. The zero-order valence-corrected chi connectivity index (χ0v) is 18.2. The van der Waals surface area contributed by atoms with E-state index in [-0.39, 0.29) is 34.5 Å². The van der Waals surface area contributed by atoms with Gasteiger partial charge in [0.2, 0.25) is 10.0 Å². The highest BCUT2D eigenvalue weighted by Crippen LogP contribution is 2.36. The SMILES string of the molecule is O=C(c1ccc(Cl)c(S(=O)(=O)NCC2CCCO2)c1)N1CCCC1c1cccs1. The van der Waals surface area contributed by atoms with Gasteiger partial charge in [0.25, 0.3) is 5.91 Å². The lowest BCUT2D eigenvalue weighted by atomic mass is 10.1. The average molecular weight is 455 g/mol. The molecule has 9 heteroatoms. The van der Waals surface area contributed by atoms with Crippen molar-refractivity contribution in [3.8, 4) is 0 Å². The largest absolute Gasteiger partial charge is 0.377 e. The average Bonchev–Trinajstić information content (AvgIpc) is 3.48. The first kappa shape index (κ1) is 20.8. The minimum absolute atomic E-state index is 0.0378. The van der Waals surface area contributed by atoms with Crippen LogP contribution in [0.3, 0.4) is 0 Å². The number of thiophene rings is 1. The summed E-state index contributed by atoms with van der Waals surface area (Å²) in [5, 5.41) is 2.10. The van der Waals surface area contributed by atoms with Gasteiger partial charge in [-0.2, -0.15) is 0 Å². The first-order valence-corrected chi connectivity index (χ1v) is 12.4. The van der Waals surface area contributed by atoms with Crippen LogP contribution in [0.4, 0.5) is 0 Å². The molecule has 0 bridgehead atoms. The van der Waals surface area contributed by atoms with Gasteiger partial charge in [-0.15, -0.1) is 11.3 Å². The predicted molar refractivity (Wildman–Crippen MR) is 113 cm³/mol. The van der Waals surface area contributed by atoms with Crippen LogP contribution in [0.5, 0.6) is 0 Å². The molecule has 2 saturated heterocycles. The summed E-state index contributed by atoms with van der Waals surface area (Å²) in [6.07, 6.45) is 3.47. The Morgan fingerprint density at radius 3 is 2.86 bits per heavy atom. The molecule has 1 aromatic carbocycles. The van der Waals surface area contributed by atoms with E-state index < -0.39 is 10.0 Å². The van der Waals surface area contributed by atoms with Crippen LogP contribution in [-0.2, 0) is 14.8 Å². The van der Waals surface area contributed by atoms with E-state index in [1.807, 2.05) is 22.4 Å². The molecular formula is C20H23ClN2O4S2. The Morgan fingerprint density at radius 2 is 2.14 bits per heavy atom. The van der Waals surface area contributed by atoms with E-state index in [2.05, 4.69) is 4.72 Å². The Balaban J connectivity index is 1.55. The number of sulfonamides is 1. The van der Waals surface area contributed by atoms with Crippen LogP contribution in [0.15, 0.2) is 40.6 Å². The molecule has 1 amide bonds. The number of likely N-dealkylation sites (tertiary alicyclic amines) is 1. The Morgan fingerprint density at radius 1 is 1.28 bits per heavy atom. The van der Waals surface area contributed by atoms with Crippen molar-refractivity contribution in [1.82, 2.24) is 9.62 Å². The molecule has 2 aliphatic rings. The normalized spacial score (nSPS) is 22.3. The number of halogens is 1. The molecular weight excluding hydrogens is 432 g/mol. The van der Waals surface area contributed by atoms with Crippen LogP contribution in [-0.4, -0.2) is 45.0 Å². The number of carbonyl (C=O) groups is 1. The predicted octanol–water partition coefficient (Wildman–Crippen LogP) is 3.84. The molecule has 1 aromatic heterocycles. The highest BCUT2D eigenvalue weighted by molar-refractivity contribution is 7.89. The van der Waals surface area contributed by atoms with Gasteiger partial charge in [0.15, 0.2) is 0 Å². The van der Waals surface area contributed by atoms with Crippen LogP contribution in [0.2, 0.25) is 5.02 Å². The van der Waals surface area contributed by atoms with Crippen molar-refractivity contribution in [2.75, 3.05) is 19.7 Å². The number of hydrogen-bond acceptors (Lipinski definition) is 5. The Bertz CT molecular complexity index is 972. The van der Waals surface area contributed by atoms with E-state index in [9.17, 15) is 13.2 Å². The number of benzene rings is 1. The number of hydrogen-bond donors (Lipinski definition) is 1. The Hall–Kier alpha value is -1.45. The van der Waals surface area contributed by atoms with Gasteiger partial charge in [0.1, 0.15) is 4.90 Å². The molecule has 2 atom stereocenters. The zero-order valence-electron chi connectivity index (χ0n) is 15.8. The van der Waals surface area contributed by atoms with Crippen molar-refractivity contribution < 1.29 is 17.9 Å². The summed E-state index contributed by atoms with van der Waals surface area (Å²) in [4.78, 5) is 16.1. The van der Waals surface area contributed by atoms with Crippen molar-refractivity contribution in [2.45, 2.75) is 42.7 Å². The topological polar surface area (TPSA) is 75.7 Å². The lowest BCUT2D eigenvalue weighted by Crippen LogP contribution is -2.33. The summed E-state index contributed by atoms with van der Waals surface area (Å²) >= 11 is 7.81. The third kappa shape index (κ3) is 4.51. The minimum atomic E-state index is -3.85. The summed E-state index contributed by atoms with van der Waals surface area (Å²) in [6, 6.07) is 8.50. The third-order valence-electron chi connectivity index (χ3n) is 5.38. The molecule has 29 heavy (non-hydrogen) atoms. The van der Waals surface area contributed by atoms with Crippen LogP contribution in [0.1, 0.15) is 47.0 Å². The Labute approximate surface area is 179 Å². The fraction of sp³-hybridized carbons (Fsp3) is 0.450. The first-order valence-electron chi connectivity index (χ1n) is 9.71. The van der Waals surface area contributed by atoms with E-state index in [4.69, 9.17) is 16.3 Å². The van der Waals surface area contributed by atoms with Gasteiger partial charge in [-0.25, -0.2) is 13.1 Å².